The molecule has 0 saturated heterocycles. The lowest BCUT2D eigenvalue weighted by Gasteiger charge is -2.18. The van der Waals surface area contributed by atoms with Gasteiger partial charge in [0.25, 0.3) is 0 Å². The van der Waals surface area contributed by atoms with Gasteiger partial charge in [0.15, 0.2) is 6.29 Å². The van der Waals surface area contributed by atoms with Crippen LogP contribution in [0.25, 0.3) is 0 Å². The molecule has 0 fully saturated rings. The van der Waals surface area contributed by atoms with Crippen LogP contribution in [0.4, 0.5) is 0 Å². The van der Waals surface area contributed by atoms with Crippen molar-refractivity contribution in [3.05, 3.63) is 34.3 Å². The Hall–Kier alpha value is -0.940. The molecule has 4 N–H and O–H groups in total. The Bertz CT molecular complexity index is 357. The van der Waals surface area contributed by atoms with E-state index in [9.17, 15) is 15.0 Å². The molecular formula is C10H12ClNO3. The van der Waals surface area contributed by atoms with Crippen LogP contribution in [0, 0.1) is 0 Å². The van der Waals surface area contributed by atoms with Crippen molar-refractivity contribution in [2.45, 2.75) is 12.2 Å². The highest BCUT2D eigenvalue weighted by atomic mass is 35.5. The maximum Gasteiger partial charge on any atom is 0.151 e. The monoisotopic (exact) mass is 229 g/mol. The summed E-state index contributed by atoms with van der Waals surface area (Å²) >= 11 is 5.77. The van der Waals surface area contributed by atoms with Gasteiger partial charge in [-0.05, 0) is 11.6 Å². The maximum atomic E-state index is 10.8. The van der Waals surface area contributed by atoms with Crippen LogP contribution in [0.5, 0.6) is 0 Å². The summed E-state index contributed by atoms with van der Waals surface area (Å²) in [5.74, 6) is 0. The van der Waals surface area contributed by atoms with Gasteiger partial charge in [0.1, 0.15) is 6.10 Å². The smallest absolute Gasteiger partial charge is 0.151 e. The molecule has 1 aromatic rings. The first-order valence-electron chi connectivity index (χ1n) is 4.41. The summed E-state index contributed by atoms with van der Waals surface area (Å²) in [7, 11) is 0. The van der Waals surface area contributed by atoms with Crippen molar-refractivity contribution in [1.82, 2.24) is 0 Å². The van der Waals surface area contributed by atoms with Crippen LogP contribution in [0.3, 0.4) is 0 Å². The Morgan fingerprint density at radius 2 is 2.13 bits per heavy atom. The second-order valence-corrected chi connectivity index (χ2v) is 3.52. The first-order valence-corrected chi connectivity index (χ1v) is 4.79. The number of aldehydes is 1. The number of aliphatic hydroxyl groups excluding tert-OH is 2. The molecule has 0 radical (unpaired) electrons. The van der Waals surface area contributed by atoms with Gasteiger partial charge < -0.3 is 15.9 Å². The summed E-state index contributed by atoms with van der Waals surface area (Å²) in [6, 6.07) is 4.66. The molecule has 0 heterocycles. The molecule has 5 heteroatoms. The van der Waals surface area contributed by atoms with Crippen LogP contribution in [0.1, 0.15) is 22.0 Å². The van der Waals surface area contributed by atoms with Crippen LogP contribution >= 0.6 is 11.6 Å². The molecule has 0 amide bonds. The Balaban J connectivity index is 3.13. The van der Waals surface area contributed by atoms with Crippen LogP contribution in [-0.4, -0.2) is 29.1 Å². The molecule has 15 heavy (non-hydrogen) atoms. The maximum absolute atomic E-state index is 10.8. The lowest BCUT2D eigenvalue weighted by atomic mass is 9.99. The number of carbonyl (C=O) groups is 1. The Labute approximate surface area is 92.3 Å². The molecule has 0 spiro atoms. The fourth-order valence-electron chi connectivity index (χ4n) is 1.27. The van der Waals surface area contributed by atoms with Crippen LogP contribution in [0.2, 0.25) is 5.02 Å². The molecule has 0 aromatic heterocycles. The van der Waals surface area contributed by atoms with E-state index in [0.717, 1.165) is 0 Å². The number of nitrogens with two attached hydrogens (primary N) is 1. The van der Waals surface area contributed by atoms with Crippen molar-refractivity contribution in [1.29, 1.82) is 0 Å². The van der Waals surface area contributed by atoms with Crippen molar-refractivity contribution in [3.8, 4) is 0 Å². The normalized spacial score (nSPS) is 14.7. The van der Waals surface area contributed by atoms with Gasteiger partial charge in [0.2, 0.25) is 0 Å². The first kappa shape index (κ1) is 12.1. The van der Waals surface area contributed by atoms with Gasteiger partial charge in [-0.15, -0.1) is 0 Å². The number of benzene rings is 1. The lowest BCUT2D eigenvalue weighted by Crippen LogP contribution is -2.27. The molecule has 1 rings (SSSR count). The van der Waals surface area contributed by atoms with E-state index in [1.54, 1.807) is 6.07 Å². The number of hydrogen-bond acceptors (Lipinski definition) is 4. The fourth-order valence-corrected chi connectivity index (χ4v) is 1.50. The molecule has 82 valence electrons. The summed E-state index contributed by atoms with van der Waals surface area (Å²) in [5, 5.41) is 19.3. The molecule has 0 saturated carbocycles. The Kier molecular flexibility index (Phi) is 4.23. The highest BCUT2D eigenvalue weighted by Crippen LogP contribution is 2.25. The van der Waals surface area contributed by atoms with E-state index >= 15 is 0 Å². The van der Waals surface area contributed by atoms with Gasteiger partial charge in [-0.1, -0.05) is 23.7 Å². The fraction of sp³-hybridized carbons (Fsp3) is 0.300. The van der Waals surface area contributed by atoms with E-state index in [1.165, 1.54) is 12.1 Å². The molecular weight excluding hydrogens is 218 g/mol. The van der Waals surface area contributed by atoms with Gasteiger partial charge in [-0.25, -0.2) is 0 Å². The number of aliphatic hydroxyl groups is 2. The molecule has 0 aliphatic rings. The number of rotatable bonds is 4. The molecule has 0 aliphatic carbocycles. The molecule has 2 atom stereocenters. The average Bonchev–Trinajstić information content (AvgIpc) is 2.26. The predicted octanol–water partition coefficient (Wildman–Crippen LogP) is 0.505. The summed E-state index contributed by atoms with van der Waals surface area (Å²) in [5.41, 5.74) is 5.68. The summed E-state index contributed by atoms with van der Waals surface area (Å²) in [4.78, 5) is 10.8. The van der Waals surface area contributed by atoms with E-state index in [-0.39, 0.29) is 22.7 Å². The van der Waals surface area contributed by atoms with E-state index in [2.05, 4.69) is 0 Å². The third-order valence-electron chi connectivity index (χ3n) is 2.13. The van der Waals surface area contributed by atoms with E-state index in [1.807, 2.05) is 0 Å². The highest BCUT2D eigenvalue weighted by molar-refractivity contribution is 6.33. The van der Waals surface area contributed by atoms with E-state index in [0.29, 0.717) is 6.29 Å². The van der Waals surface area contributed by atoms with Crippen LogP contribution in [-0.2, 0) is 0 Å². The van der Waals surface area contributed by atoms with Crippen LogP contribution < -0.4 is 5.73 Å². The quantitative estimate of drug-likeness (QED) is 0.657. The molecule has 4 nitrogen and oxygen atoms in total. The lowest BCUT2D eigenvalue weighted by molar-refractivity contribution is 0.0240. The molecule has 2 unspecified atom stereocenters. The topological polar surface area (TPSA) is 83.6 Å². The second-order valence-electron chi connectivity index (χ2n) is 3.11. The summed E-state index contributed by atoms with van der Waals surface area (Å²) < 4.78 is 0. The summed E-state index contributed by atoms with van der Waals surface area (Å²) in [6.07, 6.45) is -1.76. The number of carbonyl (C=O) groups excluding carboxylic acids is 1. The Morgan fingerprint density at radius 1 is 1.47 bits per heavy atom. The molecule has 0 aliphatic heterocycles. The van der Waals surface area contributed by atoms with Crippen molar-refractivity contribution >= 4 is 17.9 Å². The largest absolute Gasteiger partial charge is 0.389 e. The zero-order valence-electron chi connectivity index (χ0n) is 7.93. The SMILES string of the molecule is NCC(O)C(O)c1cccc(Cl)c1C=O. The first-order chi connectivity index (χ1) is 7.11. The van der Waals surface area contributed by atoms with Crippen LogP contribution in [0.15, 0.2) is 18.2 Å². The van der Waals surface area contributed by atoms with Gasteiger partial charge in [-0.2, -0.15) is 0 Å². The van der Waals surface area contributed by atoms with E-state index in [4.69, 9.17) is 17.3 Å². The number of hydrogen-bond donors (Lipinski definition) is 3. The van der Waals surface area contributed by atoms with Crippen molar-refractivity contribution in [2.24, 2.45) is 5.73 Å². The second kappa shape index (κ2) is 5.23. The minimum Gasteiger partial charge on any atom is -0.389 e. The highest BCUT2D eigenvalue weighted by Gasteiger charge is 2.20. The Morgan fingerprint density at radius 3 is 2.67 bits per heavy atom. The minimum atomic E-state index is -1.20. The molecule has 1 aromatic carbocycles. The van der Waals surface area contributed by atoms with Gasteiger partial charge >= 0.3 is 0 Å². The zero-order valence-corrected chi connectivity index (χ0v) is 8.69. The summed E-state index contributed by atoms with van der Waals surface area (Å²) in [6.45, 7) is -0.0913. The van der Waals surface area contributed by atoms with Crippen molar-refractivity contribution < 1.29 is 15.0 Å². The third-order valence-corrected chi connectivity index (χ3v) is 2.46. The van der Waals surface area contributed by atoms with Gasteiger partial charge in [-0.3, -0.25) is 4.79 Å². The van der Waals surface area contributed by atoms with Gasteiger partial charge in [0.05, 0.1) is 11.1 Å². The standard InChI is InChI=1S/C10H12ClNO3/c11-8-3-1-2-6(7(8)5-13)10(15)9(14)4-12/h1-3,5,9-10,14-15H,4,12H2. The van der Waals surface area contributed by atoms with E-state index < -0.39 is 12.2 Å². The number of halogens is 1. The average molecular weight is 230 g/mol. The third kappa shape index (κ3) is 2.54. The van der Waals surface area contributed by atoms with Crippen molar-refractivity contribution in [3.63, 3.8) is 0 Å². The van der Waals surface area contributed by atoms with Gasteiger partial charge in [0, 0.05) is 12.1 Å². The molecule has 0 bridgehead atoms. The predicted molar refractivity (Wildman–Crippen MR) is 56.9 cm³/mol. The van der Waals surface area contributed by atoms with Crippen molar-refractivity contribution in [2.75, 3.05) is 6.54 Å². The minimum absolute atomic E-state index is 0.0913. The zero-order chi connectivity index (χ0) is 11.4.